The zero-order valence-electron chi connectivity index (χ0n) is 8.71. The maximum atomic E-state index is 11.3. The highest BCUT2D eigenvalue weighted by atomic mass is 35.5. The van der Waals surface area contributed by atoms with Crippen molar-refractivity contribution in [1.82, 2.24) is 5.32 Å². The van der Waals surface area contributed by atoms with Gasteiger partial charge in [-0.05, 0) is 30.2 Å². The Hall–Kier alpha value is -1.61. The van der Waals surface area contributed by atoms with Crippen LogP contribution in [0, 0.1) is 6.92 Å². The van der Waals surface area contributed by atoms with Crippen molar-refractivity contribution in [3.8, 4) is 0 Å². The Kier molecular flexibility index (Phi) is 2.79. The van der Waals surface area contributed by atoms with Gasteiger partial charge in [0.05, 0.1) is 6.42 Å². The summed E-state index contributed by atoms with van der Waals surface area (Å²) in [5, 5.41) is 2.89. The van der Waals surface area contributed by atoms with Crippen molar-refractivity contribution in [2.45, 2.75) is 13.3 Å². The first-order valence-corrected chi connectivity index (χ1v) is 5.25. The number of carbonyl (C=O) groups excluding carboxylic acids is 2. The van der Waals surface area contributed by atoms with Gasteiger partial charge in [0.2, 0.25) is 5.91 Å². The number of amides is 2. The van der Waals surface area contributed by atoms with Crippen molar-refractivity contribution in [2.75, 3.05) is 0 Å². The molecule has 0 spiro atoms. The topological polar surface area (TPSA) is 46.2 Å². The monoisotopic (exact) mass is 235 g/mol. The highest BCUT2D eigenvalue weighted by Crippen LogP contribution is 2.20. The van der Waals surface area contributed by atoms with Gasteiger partial charge in [0.15, 0.2) is 0 Å². The van der Waals surface area contributed by atoms with Crippen LogP contribution in [-0.4, -0.2) is 11.8 Å². The number of rotatable bonds is 1. The summed E-state index contributed by atoms with van der Waals surface area (Å²) < 4.78 is 0. The van der Waals surface area contributed by atoms with Gasteiger partial charge in [-0.3, -0.25) is 14.9 Å². The first-order valence-electron chi connectivity index (χ1n) is 4.87. The van der Waals surface area contributed by atoms with Gasteiger partial charge < -0.3 is 0 Å². The number of imide groups is 1. The Bertz CT molecular complexity index is 506. The van der Waals surface area contributed by atoms with Crippen LogP contribution in [-0.2, 0) is 9.59 Å². The number of hydrogen-bond donors (Lipinski definition) is 1. The lowest BCUT2D eigenvalue weighted by Gasteiger charge is -1.99. The molecule has 0 radical (unpaired) electrons. The van der Waals surface area contributed by atoms with Crippen LogP contribution in [0.3, 0.4) is 0 Å². The average Bonchev–Trinajstić information content (AvgIpc) is 2.51. The number of benzene rings is 1. The minimum absolute atomic E-state index is 0.143. The molecule has 1 fully saturated rings. The van der Waals surface area contributed by atoms with Gasteiger partial charge in [-0.15, -0.1) is 0 Å². The number of halogens is 1. The Labute approximate surface area is 98.1 Å². The van der Waals surface area contributed by atoms with Crippen LogP contribution >= 0.6 is 11.6 Å². The molecule has 1 aliphatic heterocycles. The lowest BCUT2D eigenvalue weighted by molar-refractivity contribution is -0.124. The molecule has 0 saturated carbocycles. The molecule has 3 nitrogen and oxygen atoms in total. The SMILES string of the molecule is Cc1ccc(/C=C2/CC(=O)NC2=O)cc1Cl. The van der Waals surface area contributed by atoms with Crippen LogP contribution in [0.25, 0.3) is 6.08 Å². The molecule has 1 N–H and O–H groups in total. The van der Waals surface area contributed by atoms with Crippen molar-refractivity contribution in [3.63, 3.8) is 0 Å². The molecule has 82 valence electrons. The summed E-state index contributed by atoms with van der Waals surface area (Å²) in [5.41, 5.74) is 2.29. The molecular formula is C12H10ClNO2. The Morgan fingerprint density at radius 2 is 2.12 bits per heavy atom. The van der Waals surface area contributed by atoms with E-state index in [4.69, 9.17) is 11.6 Å². The Morgan fingerprint density at radius 1 is 1.38 bits per heavy atom. The fourth-order valence-electron chi connectivity index (χ4n) is 1.52. The highest BCUT2D eigenvalue weighted by molar-refractivity contribution is 6.31. The van der Waals surface area contributed by atoms with Crippen molar-refractivity contribution < 1.29 is 9.59 Å². The third-order valence-electron chi connectivity index (χ3n) is 2.43. The molecule has 2 rings (SSSR count). The predicted molar refractivity (Wildman–Crippen MR) is 61.9 cm³/mol. The second-order valence-electron chi connectivity index (χ2n) is 3.73. The van der Waals surface area contributed by atoms with Gasteiger partial charge in [0.25, 0.3) is 5.91 Å². The zero-order valence-corrected chi connectivity index (χ0v) is 9.47. The van der Waals surface area contributed by atoms with Crippen molar-refractivity contribution in [1.29, 1.82) is 0 Å². The van der Waals surface area contributed by atoms with E-state index in [0.717, 1.165) is 11.1 Å². The first-order chi connectivity index (χ1) is 7.56. The third-order valence-corrected chi connectivity index (χ3v) is 2.84. The molecule has 1 aromatic carbocycles. The summed E-state index contributed by atoms with van der Waals surface area (Å²) in [6, 6.07) is 5.52. The van der Waals surface area contributed by atoms with Gasteiger partial charge in [-0.1, -0.05) is 23.7 Å². The normalized spacial score (nSPS) is 18.0. The van der Waals surface area contributed by atoms with E-state index >= 15 is 0 Å². The Morgan fingerprint density at radius 3 is 2.69 bits per heavy atom. The summed E-state index contributed by atoms with van der Waals surface area (Å²) in [5.74, 6) is -0.573. The lowest BCUT2D eigenvalue weighted by Crippen LogP contribution is -2.19. The molecule has 0 aromatic heterocycles. The number of carbonyl (C=O) groups is 2. The third kappa shape index (κ3) is 2.14. The minimum atomic E-state index is -0.318. The van der Waals surface area contributed by atoms with Gasteiger partial charge in [0.1, 0.15) is 0 Å². The summed E-state index contributed by atoms with van der Waals surface area (Å²) in [6.07, 6.45) is 1.83. The second-order valence-corrected chi connectivity index (χ2v) is 4.14. The van der Waals surface area contributed by atoms with E-state index in [0.29, 0.717) is 10.6 Å². The molecule has 1 aromatic rings. The van der Waals surface area contributed by atoms with E-state index in [1.165, 1.54) is 0 Å². The van der Waals surface area contributed by atoms with E-state index in [1.807, 2.05) is 19.1 Å². The van der Waals surface area contributed by atoms with E-state index in [-0.39, 0.29) is 18.2 Å². The average molecular weight is 236 g/mol. The Balaban J connectivity index is 2.32. The molecule has 4 heteroatoms. The van der Waals surface area contributed by atoms with Gasteiger partial charge in [0, 0.05) is 10.6 Å². The molecule has 2 amide bonds. The number of aryl methyl sites for hydroxylation is 1. The molecule has 0 unspecified atom stereocenters. The highest BCUT2D eigenvalue weighted by Gasteiger charge is 2.23. The lowest BCUT2D eigenvalue weighted by atomic mass is 10.1. The molecular weight excluding hydrogens is 226 g/mol. The van der Waals surface area contributed by atoms with Gasteiger partial charge in [-0.25, -0.2) is 0 Å². The van der Waals surface area contributed by atoms with Crippen LogP contribution in [0.5, 0.6) is 0 Å². The fraction of sp³-hybridized carbons (Fsp3) is 0.167. The van der Waals surface area contributed by atoms with E-state index in [9.17, 15) is 9.59 Å². The van der Waals surface area contributed by atoms with Gasteiger partial charge in [-0.2, -0.15) is 0 Å². The van der Waals surface area contributed by atoms with Gasteiger partial charge >= 0.3 is 0 Å². The largest absolute Gasteiger partial charge is 0.292 e. The predicted octanol–water partition coefficient (Wildman–Crippen LogP) is 2.08. The standard InChI is InChI=1S/C12H10ClNO2/c1-7-2-3-8(5-10(7)13)4-9-6-11(15)14-12(9)16/h2-5H,6H2,1H3,(H,14,15,16)/b9-4-. The van der Waals surface area contributed by atoms with E-state index in [2.05, 4.69) is 5.32 Å². The van der Waals surface area contributed by atoms with E-state index < -0.39 is 0 Å². The molecule has 0 bridgehead atoms. The maximum absolute atomic E-state index is 11.3. The quantitative estimate of drug-likeness (QED) is 0.598. The maximum Gasteiger partial charge on any atom is 0.254 e. The molecule has 1 heterocycles. The first kappa shape index (κ1) is 10.9. The van der Waals surface area contributed by atoms with E-state index in [1.54, 1.807) is 12.1 Å². The van der Waals surface area contributed by atoms with Crippen molar-refractivity contribution in [2.24, 2.45) is 0 Å². The summed E-state index contributed by atoms with van der Waals surface area (Å²) >= 11 is 5.97. The van der Waals surface area contributed by atoms with Crippen molar-refractivity contribution >= 4 is 29.5 Å². The minimum Gasteiger partial charge on any atom is -0.292 e. The van der Waals surface area contributed by atoms with Crippen molar-refractivity contribution in [3.05, 3.63) is 39.9 Å². The molecule has 1 saturated heterocycles. The number of nitrogens with one attached hydrogen (secondary N) is 1. The second kappa shape index (κ2) is 4.10. The molecule has 16 heavy (non-hydrogen) atoms. The molecule has 0 aliphatic carbocycles. The molecule has 1 aliphatic rings. The van der Waals surface area contributed by atoms with Crippen LogP contribution in [0.1, 0.15) is 17.5 Å². The van der Waals surface area contributed by atoms with Crippen LogP contribution < -0.4 is 5.32 Å². The van der Waals surface area contributed by atoms with Crippen LogP contribution in [0.15, 0.2) is 23.8 Å². The van der Waals surface area contributed by atoms with Crippen LogP contribution in [0.4, 0.5) is 0 Å². The summed E-state index contributed by atoms with van der Waals surface area (Å²) in [4.78, 5) is 22.3. The number of hydrogen-bond acceptors (Lipinski definition) is 2. The van der Waals surface area contributed by atoms with Crippen LogP contribution in [0.2, 0.25) is 5.02 Å². The fourth-order valence-corrected chi connectivity index (χ4v) is 1.71. The summed E-state index contributed by atoms with van der Waals surface area (Å²) in [6.45, 7) is 1.91. The summed E-state index contributed by atoms with van der Waals surface area (Å²) in [7, 11) is 0. The smallest absolute Gasteiger partial charge is 0.254 e. The molecule has 0 atom stereocenters. The zero-order chi connectivity index (χ0) is 11.7.